The summed E-state index contributed by atoms with van der Waals surface area (Å²) in [6, 6.07) is 10.7. The molecule has 0 bridgehead atoms. The van der Waals surface area contributed by atoms with Crippen LogP contribution in [0.2, 0.25) is 0 Å². The van der Waals surface area contributed by atoms with Crippen LogP contribution >= 0.6 is 0 Å². The van der Waals surface area contributed by atoms with Gasteiger partial charge < -0.3 is 9.26 Å². The van der Waals surface area contributed by atoms with E-state index in [0.717, 1.165) is 55.1 Å². The molecule has 2 fully saturated rings. The fourth-order valence-corrected chi connectivity index (χ4v) is 3.57. The molecule has 6 nitrogen and oxygen atoms in total. The lowest BCUT2D eigenvalue weighted by atomic mass is 9.97. The Hall–Kier alpha value is -2.31. The minimum atomic E-state index is 0.321. The normalized spacial score (nSPS) is 22.1. The molecule has 3 aromatic rings. The lowest BCUT2D eigenvalue weighted by Gasteiger charge is -2.40. The van der Waals surface area contributed by atoms with Gasteiger partial charge in [-0.2, -0.15) is 4.98 Å². The van der Waals surface area contributed by atoms with Gasteiger partial charge in [0.05, 0.1) is 12.5 Å². The molecule has 1 atom stereocenters. The fourth-order valence-electron chi connectivity index (χ4n) is 3.57. The van der Waals surface area contributed by atoms with E-state index >= 15 is 0 Å². The van der Waals surface area contributed by atoms with Gasteiger partial charge in [0, 0.05) is 37.3 Å². The first-order valence-corrected chi connectivity index (χ1v) is 8.38. The van der Waals surface area contributed by atoms with E-state index in [9.17, 15) is 0 Å². The number of fused-ring (bicyclic) bond motifs is 1. The Bertz CT molecular complexity index is 861. The number of ether oxygens (including phenoxy) is 1. The van der Waals surface area contributed by atoms with Crippen molar-refractivity contribution in [2.45, 2.75) is 18.4 Å². The third-order valence-corrected chi connectivity index (χ3v) is 5.01. The number of nitrogens with zero attached hydrogens (tertiary/aromatic N) is 4. The van der Waals surface area contributed by atoms with Crippen molar-refractivity contribution in [3.05, 3.63) is 42.4 Å². The van der Waals surface area contributed by atoms with Crippen LogP contribution in [0.15, 0.2) is 41.1 Å². The van der Waals surface area contributed by atoms with Crippen molar-refractivity contribution in [1.82, 2.24) is 20.0 Å². The molecular formula is C18H18N4O2. The average molecular weight is 322 g/mol. The van der Waals surface area contributed by atoms with Gasteiger partial charge in [0.1, 0.15) is 5.69 Å². The topological polar surface area (TPSA) is 64.3 Å². The first-order chi connectivity index (χ1) is 11.9. The third-order valence-electron chi connectivity index (χ3n) is 5.01. The highest BCUT2D eigenvalue weighted by molar-refractivity contribution is 5.92. The summed E-state index contributed by atoms with van der Waals surface area (Å²) < 4.78 is 11.0. The van der Waals surface area contributed by atoms with Crippen LogP contribution in [0.25, 0.3) is 22.3 Å². The van der Waals surface area contributed by atoms with Gasteiger partial charge in [-0.3, -0.25) is 9.88 Å². The van der Waals surface area contributed by atoms with Crippen LogP contribution in [0.1, 0.15) is 18.2 Å². The minimum absolute atomic E-state index is 0.321. The fraction of sp³-hybridized carbons (Fsp3) is 0.389. The number of aromatic nitrogens is 3. The van der Waals surface area contributed by atoms with Crippen LogP contribution in [0, 0.1) is 0 Å². The molecule has 2 saturated heterocycles. The zero-order chi connectivity index (χ0) is 15.9. The maximum absolute atomic E-state index is 5.52. The van der Waals surface area contributed by atoms with Crippen molar-refractivity contribution in [3.8, 4) is 11.5 Å². The summed E-state index contributed by atoms with van der Waals surface area (Å²) in [6.45, 7) is 3.67. The highest BCUT2D eigenvalue weighted by Crippen LogP contribution is 2.31. The Morgan fingerprint density at radius 2 is 2.04 bits per heavy atom. The lowest BCUT2D eigenvalue weighted by Crippen LogP contribution is -2.51. The molecule has 1 aromatic carbocycles. The molecule has 2 aliphatic rings. The van der Waals surface area contributed by atoms with E-state index in [1.165, 1.54) is 0 Å². The molecule has 1 unspecified atom stereocenters. The second-order valence-electron chi connectivity index (χ2n) is 6.51. The molecule has 0 saturated carbocycles. The van der Waals surface area contributed by atoms with E-state index < -0.39 is 0 Å². The van der Waals surface area contributed by atoms with Crippen molar-refractivity contribution in [1.29, 1.82) is 0 Å². The van der Waals surface area contributed by atoms with Crippen molar-refractivity contribution in [3.63, 3.8) is 0 Å². The molecule has 0 aliphatic carbocycles. The van der Waals surface area contributed by atoms with Crippen LogP contribution in [-0.2, 0) is 4.74 Å². The number of hydrogen-bond acceptors (Lipinski definition) is 6. The summed E-state index contributed by atoms with van der Waals surface area (Å²) in [6.07, 6.45) is 2.92. The quantitative estimate of drug-likeness (QED) is 0.738. The molecular weight excluding hydrogens is 304 g/mol. The molecule has 0 radical (unpaired) electrons. The van der Waals surface area contributed by atoms with Gasteiger partial charge in [-0.15, -0.1) is 0 Å². The molecule has 2 aromatic heterocycles. The Morgan fingerprint density at radius 3 is 2.92 bits per heavy atom. The zero-order valence-electron chi connectivity index (χ0n) is 13.3. The average Bonchev–Trinajstić information content (AvgIpc) is 3.25. The summed E-state index contributed by atoms with van der Waals surface area (Å²) in [5.41, 5.74) is 0.781. The zero-order valence-corrected chi connectivity index (χ0v) is 13.3. The number of benzene rings is 1. The SMILES string of the molecule is c1ccc2c(-c3noc(C4CN(C5CCOC5)C4)n3)nccc2c1. The van der Waals surface area contributed by atoms with Crippen molar-refractivity contribution >= 4 is 10.8 Å². The number of hydrogen-bond donors (Lipinski definition) is 0. The van der Waals surface area contributed by atoms with E-state index in [1.807, 2.05) is 24.3 Å². The second kappa shape index (κ2) is 5.65. The van der Waals surface area contributed by atoms with E-state index in [2.05, 4.69) is 26.1 Å². The number of likely N-dealkylation sites (tertiary alicyclic amines) is 1. The highest BCUT2D eigenvalue weighted by Gasteiger charge is 2.38. The van der Waals surface area contributed by atoms with Gasteiger partial charge in [0.15, 0.2) is 0 Å². The Balaban J connectivity index is 1.38. The Morgan fingerprint density at radius 1 is 1.12 bits per heavy atom. The van der Waals surface area contributed by atoms with Gasteiger partial charge in [0.2, 0.25) is 11.7 Å². The molecule has 2 aliphatic heterocycles. The highest BCUT2D eigenvalue weighted by atomic mass is 16.5. The summed E-state index contributed by atoms with van der Waals surface area (Å²) in [5, 5.41) is 6.35. The van der Waals surface area contributed by atoms with Crippen molar-refractivity contribution < 1.29 is 9.26 Å². The van der Waals surface area contributed by atoms with E-state index in [4.69, 9.17) is 9.26 Å². The maximum atomic E-state index is 5.52. The Labute approximate surface area is 139 Å². The molecule has 0 spiro atoms. The number of rotatable bonds is 3. The van der Waals surface area contributed by atoms with Crippen molar-refractivity contribution in [2.75, 3.05) is 26.3 Å². The predicted octanol–water partition coefficient (Wildman–Crippen LogP) is 2.47. The first-order valence-electron chi connectivity index (χ1n) is 8.38. The number of pyridine rings is 1. The van der Waals surface area contributed by atoms with Gasteiger partial charge >= 0.3 is 0 Å². The van der Waals surface area contributed by atoms with E-state index in [0.29, 0.717) is 17.8 Å². The molecule has 24 heavy (non-hydrogen) atoms. The van der Waals surface area contributed by atoms with E-state index in [-0.39, 0.29) is 0 Å². The molecule has 122 valence electrons. The lowest BCUT2D eigenvalue weighted by molar-refractivity contribution is 0.0651. The van der Waals surface area contributed by atoms with Gasteiger partial charge in [0.25, 0.3) is 0 Å². The summed E-state index contributed by atoms with van der Waals surface area (Å²) in [5.74, 6) is 1.61. The molecule has 0 amide bonds. The molecule has 5 rings (SSSR count). The summed E-state index contributed by atoms with van der Waals surface area (Å²) >= 11 is 0. The van der Waals surface area contributed by atoms with Gasteiger partial charge in [-0.05, 0) is 17.9 Å². The van der Waals surface area contributed by atoms with Crippen LogP contribution < -0.4 is 0 Å². The molecule has 0 N–H and O–H groups in total. The van der Waals surface area contributed by atoms with Gasteiger partial charge in [-0.25, -0.2) is 0 Å². The monoisotopic (exact) mass is 322 g/mol. The summed E-state index contributed by atoms with van der Waals surface area (Å²) in [7, 11) is 0. The standard InChI is InChI=1S/C18H18N4O2/c1-2-4-15-12(3-1)5-7-19-16(15)17-20-18(24-21-17)13-9-22(10-13)14-6-8-23-11-14/h1-5,7,13-14H,6,8-11H2. The second-order valence-corrected chi connectivity index (χ2v) is 6.51. The van der Waals surface area contributed by atoms with Crippen LogP contribution in [-0.4, -0.2) is 52.4 Å². The smallest absolute Gasteiger partial charge is 0.232 e. The van der Waals surface area contributed by atoms with E-state index in [1.54, 1.807) is 6.20 Å². The largest absolute Gasteiger partial charge is 0.380 e. The van der Waals surface area contributed by atoms with Crippen LogP contribution in [0.4, 0.5) is 0 Å². The Kier molecular flexibility index (Phi) is 3.31. The maximum Gasteiger partial charge on any atom is 0.232 e. The minimum Gasteiger partial charge on any atom is -0.380 e. The first kappa shape index (κ1) is 14.1. The third kappa shape index (κ3) is 2.30. The van der Waals surface area contributed by atoms with Crippen molar-refractivity contribution in [2.24, 2.45) is 0 Å². The predicted molar refractivity (Wildman–Crippen MR) is 88.6 cm³/mol. The van der Waals surface area contributed by atoms with Crippen LogP contribution in [0.3, 0.4) is 0 Å². The molecule has 6 heteroatoms. The van der Waals surface area contributed by atoms with Crippen LogP contribution in [0.5, 0.6) is 0 Å². The summed E-state index contributed by atoms with van der Waals surface area (Å²) in [4.78, 5) is 11.5. The van der Waals surface area contributed by atoms with Gasteiger partial charge in [-0.1, -0.05) is 29.4 Å². The molecule has 4 heterocycles.